The minimum absolute atomic E-state index is 0.0338. The van der Waals surface area contributed by atoms with Crippen LogP contribution in [0.2, 0.25) is 0 Å². The van der Waals surface area contributed by atoms with Gasteiger partial charge in [0.05, 0.1) is 12.9 Å². The van der Waals surface area contributed by atoms with Crippen molar-refractivity contribution in [3.8, 4) is 5.75 Å². The first-order chi connectivity index (χ1) is 10.9. The van der Waals surface area contributed by atoms with Gasteiger partial charge in [0.15, 0.2) is 0 Å². The quantitative estimate of drug-likeness (QED) is 0.562. The molecule has 0 amide bonds. The Morgan fingerprint density at radius 2 is 1.83 bits per heavy atom. The molecule has 1 aromatic carbocycles. The topological polar surface area (TPSA) is 75.6 Å². The van der Waals surface area contributed by atoms with Crippen LogP contribution in [0.3, 0.4) is 0 Å². The predicted octanol–water partition coefficient (Wildman–Crippen LogP) is 2.81. The third kappa shape index (κ3) is 6.12. The van der Waals surface area contributed by atoms with E-state index < -0.39 is 10.1 Å². The fourth-order valence-corrected chi connectivity index (χ4v) is 3.90. The van der Waals surface area contributed by atoms with Crippen LogP contribution in [0.25, 0.3) is 0 Å². The zero-order valence-electron chi connectivity index (χ0n) is 13.8. The molecule has 0 radical (unpaired) electrons. The summed E-state index contributed by atoms with van der Waals surface area (Å²) in [6.07, 6.45) is 7.22. The first-order valence-corrected chi connectivity index (χ1v) is 9.87. The summed E-state index contributed by atoms with van der Waals surface area (Å²) < 4.78 is 35.7. The van der Waals surface area contributed by atoms with Crippen molar-refractivity contribution in [1.82, 2.24) is 5.32 Å². The SMILES string of the molecule is COc1ccc(CC2(NCCCS(=O)(=O)O)CCCCC2)cc1. The molecule has 1 saturated carbocycles. The van der Waals surface area contributed by atoms with E-state index in [0.29, 0.717) is 13.0 Å². The molecule has 1 aliphatic carbocycles. The van der Waals surface area contributed by atoms with Crippen molar-refractivity contribution in [3.05, 3.63) is 29.8 Å². The van der Waals surface area contributed by atoms with E-state index in [2.05, 4.69) is 17.4 Å². The Labute approximate surface area is 139 Å². The van der Waals surface area contributed by atoms with Gasteiger partial charge in [0.25, 0.3) is 10.1 Å². The van der Waals surface area contributed by atoms with E-state index in [1.54, 1.807) is 7.11 Å². The van der Waals surface area contributed by atoms with Gasteiger partial charge in [0.1, 0.15) is 5.75 Å². The molecule has 0 atom stereocenters. The molecule has 0 saturated heterocycles. The molecule has 23 heavy (non-hydrogen) atoms. The molecule has 0 heterocycles. The van der Waals surface area contributed by atoms with Gasteiger partial charge >= 0.3 is 0 Å². The maximum absolute atomic E-state index is 10.8. The zero-order chi connectivity index (χ0) is 16.8. The van der Waals surface area contributed by atoms with E-state index in [9.17, 15) is 8.42 Å². The molecule has 2 rings (SSSR count). The van der Waals surface area contributed by atoms with Gasteiger partial charge in [-0.2, -0.15) is 8.42 Å². The third-order valence-corrected chi connectivity index (χ3v) is 5.40. The maximum atomic E-state index is 10.8. The Balaban J connectivity index is 1.97. The van der Waals surface area contributed by atoms with Crippen molar-refractivity contribution in [1.29, 1.82) is 0 Å². The van der Waals surface area contributed by atoms with Crippen LogP contribution in [0.5, 0.6) is 5.75 Å². The Morgan fingerprint density at radius 3 is 2.39 bits per heavy atom. The second-order valence-electron chi connectivity index (χ2n) is 6.43. The van der Waals surface area contributed by atoms with E-state index in [1.807, 2.05) is 12.1 Å². The van der Waals surface area contributed by atoms with Crippen molar-refractivity contribution in [2.24, 2.45) is 0 Å². The lowest BCUT2D eigenvalue weighted by Crippen LogP contribution is -2.49. The summed E-state index contributed by atoms with van der Waals surface area (Å²) in [5.74, 6) is 0.672. The van der Waals surface area contributed by atoms with Gasteiger partial charge < -0.3 is 10.1 Å². The van der Waals surface area contributed by atoms with Gasteiger partial charge in [-0.25, -0.2) is 0 Å². The van der Waals surface area contributed by atoms with Gasteiger partial charge in [0.2, 0.25) is 0 Å². The molecule has 1 fully saturated rings. The summed E-state index contributed by atoms with van der Waals surface area (Å²) in [6, 6.07) is 8.14. The average Bonchev–Trinajstić information content (AvgIpc) is 2.52. The normalized spacial score (nSPS) is 17.8. The molecule has 1 aliphatic rings. The Kier molecular flexibility index (Phi) is 6.44. The lowest BCUT2D eigenvalue weighted by Gasteiger charge is -2.39. The van der Waals surface area contributed by atoms with E-state index in [-0.39, 0.29) is 11.3 Å². The van der Waals surface area contributed by atoms with Crippen LogP contribution in [-0.4, -0.2) is 37.9 Å². The fourth-order valence-electron chi connectivity index (χ4n) is 3.39. The highest BCUT2D eigenvalue weighted by Gasteiger charge is 2.31. The highest BCUT2D eigenvalue weighted by molar-refractivity contribution is 7.85. The Bertz CT molecular complexity index is 577. The van der Waals surface area contributed by atoms with E-state index in [1.165, 1.54) is 24.8 Å². The molecule has 0 aromatic heterocycles. The molecule has 5 nitrogen and oxygen atoms in total. The van der Waals surface area contributed by atoms with Crippen molar-refractivity contribution in [2.75, 3.05) is 19.4 Å². The van der Waals surface area contributed by atoms with Crippen LogP contribution in [0.15, 0.2) is 24.3 Å². The lowest BCUT2D eigenvalue weighted by molar-refractivity contribution is 0.229. The monoisotopic (exact) mass is 341 g/mol. The molecule has 2 N–H and O–H groups in total. The van der Waals surface area contributed by atoms with Crippen LogP contribution in [-0.2, 0) is 16.5 Å². The molecule has 6 heteroatoms. The second-order valence-corrected chi connectivity index (χ2v) is 8.00. The van der Waals surface area contributed by atoms with Crippen molar-refractivity contribution >= 4 is 10.1 Å². The van der Waals surface area contributed by atoms with Gasteiger partial charge in [-0.3, -0.25) is 4.55 Å². The Morgan fingerprint density at radius 1 is 1.17 bits per heavy atom. The zero-order valence-corrected chi connectivity index (χ0v) is 14.6. The van der Waals surface area contributed by atoms with Crippen LogP contribution in [0.1, 0.15) is 44.1 Å². The number of hydrogen-bond acceptors (Lipinski definition) is 4. The highest BCUT2D eigenvalue weighted by Crippen LogP contribution is 2.31. The predicted molar refractivity (Wildman–Crippen MR) is 91.5 cm³/mol. The molecule has 0 unspecified atom stereocenters. The molecule has 0 spiro atoms. The number of benzene rings is 1. The summed E-state index contributed by atoms with van der Waals surface area (Å²) in [4.78, 5) is 0. The van der Waals surface area contributed by atoms with Gasteiger partial charge in [-0.05, 0) is 49.9 Å². The molecule has 130 valence electrons. The fraction of sp³-hybridized carbons (Fsp3) is 0.647. The van der Waals surface area contributed by atoms with E-state index in [0.717, 1.165) is 25.0 Å². The molecule has 0 aliphatic heterocycles. The van der Waals surface area contributed by atoms with Gasteiger partial charge in [-0.1, -0.05) is 31.4 Å². The molecular formula is C17H27NO4S. The van der Waals surface area contributed by atoms with Gasteiger partial charge in [-0.15, -0.1) is 0 Å². The first kappa shape index (κ1) is 18.2. The summed E-state index contributed by atoms with van der Waals surface area (Å²) in [5.41, 5.74) is 1.29. The van der Waals surface area contributed by atoms with Gasteiger partial charge in [0, 0.05) is 5.54 Å². The summed E-state index contributed by atoms with van der Waals surface area (Å²) in [7, 11) is -2.21. The molecular weight excluding hydrogens is 314 g/mol. The molecule has 1 aromatic rings. The second kappa shape index (κ2) is 8.13. The number of methoxy groups -OCH3 is 1. The summed E-state index contributed by atoms with van der Waals surface area (Å²) >= 11 is 0. The first-order valence-electron chi connectivity index (χ1n) is 8.26. The number of hydrogen-bond donors (Lipinski definition) is 2. The van der Waals surface area contributed by atoms with Crippen molar-refractivity contribution < 1.29 is 17.7 Å². The highest BCUT2D eigenvalue weighted by atomic mass is 32.2. The molecule has 0 bridgehead atoms. The largest absolute Gasteiger partial charge is 0.497 e. The van der Waals surface area contributed by atoms with E-state index >= 15 is 0 Å². The van der Waals surface area contributed by atoms with E-state index in [4.69, 9.17) is 9.29 Å². The third-order valence-electron chi connectivity index (χ3n) is 4.59. The number of ether oxygens (including phenoxy) is 1. The van der Waals surface area contributed by atoms with Crippen molar-refractivity contribution in [3.63, 3.8) is 0 Å². The lowest BCUT2D eigenvalue weighted by atomic mass is 9.77. The Hall–Kier alpha value is -1.11. The summed E-state index contributed by atoms with van der Waals surface area (Å²) in [5, 5.41) is 3.58. The number of rotatable bonds is 8. The van der Waals surface area contributed by atoms with Crippen LogP contribution < -0.4 is 10.1 Å². The van der Waals surface area contributed by atoms with Crippen LogP contribution in [0.4, 0.5) is 0 Å². The number of nitrogens with one attached hydrogen (secondary N) is 1. The standard InChI is InChI=1S/C17H27NO4S/c1-22-16-8-6-15(7-9-16)14-17(10-3-2-4-11-17)18-12-5-13-23(19,20)21/h6-9,18H,2-5,10-14H2,1H3,(H,19,20,21). The minimum atomic E-state index is -3.87. The smallest absolute Gasteiger partial charge is 0.264 e. The summed E-state index contributed by atoms with van der Waals surface area (Å²) in [6.45, 7) is 0.607. The average molecular weight is 341 g/mol. The maximum Gasteiger partial charge on any atom is 0.264 e. The van der Waals surface area contributed by atoms with Crippen molar-refractivity contribution in [2.45, 2.75) is 50.5 Å². The minimum Gasteiger partial charge on any atom is -0.497 e. The van der Waals surface area contributed by atoms with Crippen LogP contribution >= 0.6 is 0 Å². The van der Waals surface area contributed by atoms with Crippen LogP contribution in [0, 0.1) is 0 Å².